The zero-order chi connectivity index (χ0) is 19.2. The fraction of sp³-hybridized carbons (Fsp3) is 0.875. The largest absolute Gasteiger partial charge is 0.393 e. The van der Waals surface area contributed by atoms with Crippen LogP contribution in [0.3, 0.4) is 0 Å². The van der Waals surface area contributed by atoms with Crippen LogP contribution in [-0.2, 0) is 4.79 Å². The molecule has 0 radical (unpaired) electrons. The van der Waals surface area contributed by atoms with Crippen molar-refractivity contribution in [3.8, 4) is 0 Å². The standard InChI is InChI=1S/C24H38O2S/c1-4-5-12-27-15-16-14-24(3)17(13-21(16)25)6-7-18-19-8-9-22(26)23(19,2)11-10-20(18)24/h15,17-20,22,26H,4-14H2,1-3H3/t17?,18-,19-,20-,22?,23-,24-/m0/s1. The first kappa shape index (κ1) is 20.0. The van der Waals surface area contributed by atoms with Crippen molar-refractivity contribution >= 4 is 17.5 Å². The summed E-state index contributed by atoms with van der Waals surface area (Å²) in [4.78, 5) is 12.8. The second kappa shape index (κ2) is 7.52. The van der Waals surface area contributed by atoms with Crippen molar-refractivity contribution in [1.29, 1.82) is 0 Å². The van der Waals surface area contributed by atoms with Crippen molar-refractivity contribution in [3.63, 3.8) is 0 Å². The number of fused-ring (bicyclic) bond motifs is 5. The Morgan fingerprint density at radius 3 is 2.67 bits per heavy atom. The van der Waals surface area contributed by atoms with Gasteiger partial charge in [0.2, 0.25) is 0 Å². The molecule has 152 valence electrons. The van der Waals surface area contributed by atoms with Gasteiger partial charge in [-0.15, -0.1) is 11.8 Å². The van der Waals surface area contributed by atoms with Gasteiger partial charge in [0.1, 0.15) is 0 Å². The lowest BCUT2D eigenvalue weighted by molar-refractivity contribution is -0.134. The maximum Gasteiger partial charge on any atom is 0.159 e. The van der Waals surface area contributed by atoms with Crippen LogP contribution in [-0.4, -0.2) is 22.7 Å². The number of aliphatic hydroxyl groups excluding tert-OH is 1. The van der Waals surface area contributed by atoms with E-state index in [9.17, 15) is 9.90 Å². The Morgan fingerprint density at radius 1 is 1.11 bits per heavy atom. The van der Waals surface area contributed by atoms with E-state index in [2.05, 4.69) is 26.2 Å². The van der Waals surface area contributed by atoms with Crippen LogP contribution in [0.25, 0.3) is 0 Å². The van der Waals surface area contributed by atoms with E-state index in [0.29, 0.717) is 23.0 Å². The Balaban J connectivity index is 1.55. The van der Waals surface area contributed by atoms with Crippen molar-refractivity contribution < 1.29 is 9.90 Å². The van der Waals surface area contributed by atoms with Crippen LogP contribution in [0.5, 0.6) is 0 Å². The lowest BCUT2D eigenvalue weighted by atomic mass is 9.45. The number of aliphatic hydroxyl groups is 1. The van der Waals surface area contributed by atoms with Crippen LogP contribution in [0.2, 0.25) is 0 Å². The molecule has 1 N–H and O–H groups in total. The second-order valence-electron chi connectivity index (χ2n) is 10.5. The van der Waals surface area contributed by atoms with Crippen LogP contribution in [0, 0.1) is 34.5 Å². The Labute approximate surface area is 169 Å². The molecule has 0 amide bonds. The summed E-state index contributed by atoms with van der Waals surface area (Å²) in [6.07, 6.45) is 11.3. The van der Waals surface area contributed by atoms with Crippen molar-refractivity contribution in [2.24, 2.45) is 34.5 Å². The molecule has 4 rings (SSSR count). The highest BCUT2D eigenvalue weighted by Crippen LogP contribution is 2.66. The molecule has 2 unspecified atom stereocenters. The van der Waals surface area contributed by atoms with E-state index in [1.807, 2.05) is 11.8 Å². The number of carbonyl (C=O) groups excluding carboxylic acids is 1. The molecule has 4 saturated carbocycles. The number of thioether (sulfide) groups is 1. The predicted octanol–water partition coefficient (Wildman–Crippen LogP) is 5.99. The summed E-state index contributed by atoms with van der Waals surface area (Å²) in [5, 5.41) is 12.8. The van der Waals surface area contributed by atoms with E-state index in [-0.39, 0.29) is 11.5 Å². The van der Waals surface area contributed by atoms with E-state index in [4.69, 9.17) is 0 Å². The summed E-state index contributed by atoms with van der Waals surface area (Å²) in [5.41, 5.74) is 1.57. The Kier molecular flexibility index (Phi) is 5.57. The number of carbonyl (C=O) groups is 1. The summed E-state index contributed by atoms with van der Waals surface area (Å²) in [5.74, 6) is 4.36. The molecule has 27 heavy (non-hydrogen) atoms. The van der Waals surface area contributed by atoms with Crippen LogP contribution >= 0.6 is 11.8 Å². The quantitative estimate of drug-likeness (QED) is 0.473. The highest BCUT2D eigenvalue weighted by molar-refractivity contribution is 8.02. The first-order chi connectivity index (χ1) is 12.9. The van der Waals surface area contributed by atoms with Crippen molar-refractivity contribution in [2.45, 2.75) is 91.1 Å². The predicted molar refractivity (Wildman–Crippen MR) is 114 cm³/mol. The number of allylic oxidation sites excluding steroid dienone is 1. The minimum Gasteiger partial charge on any atom is -0.393 e. The average molecular weight is 391 g/mol. The number of hydrogen-bond acceptors (Lipinski definition) is 3. The fourth-order valence-corrected chi connectivity index (χ4v) is 8.47. The normalized spacial score (nSPS) is 48.2. The maximum atomic E-state index is 12.8. The third-order valence-electron chi connectivity index (χ3n) is 9.22. The minimum atomic E-state index is -0.0904. The van der Waals surface area contributed by atoms with Crippen LogP contribution in [0.15, 0.2) is 11.0 Å². The fourth-order valence-electron chi connectivity index (χ4n) is 7.48. The molecular weight excluding hydrogens is 352 g/mol. The smallest absolute Gasteiger partial charge is 0.159 e. The van der Waals surface area contributed by atoms with Crippen molar-refractivity contribution in [2.75, 3.05) is 5.75 Å². The third kappa shape index (κ3) is 3.25. The van der Waals surface area contributed by atoms with Gasteiger partial charge in [-0.05, 0) is 97.0 Å². The topological polar surface area (TPSA) is 37.3 Å². The highest BCUT2D eigenvalue weighted by Gasteiger charge is 2.60. The molecule has 2 nitrogen and oxygen atoms in total. The SMILES string of the molecule is CCCCSC=C1C[C@@]2(C)C(CC[C@@H]3[C@@H]2CC[C@]2(C)C(O)CC[C@@H]32)CC1=O. The van der Waals surface area contributed by atoms with E-state index in [1.165, 1.54) is 44.9 Å². The molecular formula is C24H38O2S. The van der Waals surface area contributed by atoms with Gasteiger partial charge in [-0.3, -0.25) is 4.79 Å². The van der Waals surface area contributed by atoms with Gasteiger partial charge in [-0.2, -0.15) is 0 Å². The monoisotopic (exact) mass is 390 g/mol. The Bertz CT molecular complexity index is 614. The van der Waals surface area contributed by atoms with Gasteiger partial charge in [-0.25, -0.2) is 0 Å². The van der Waals surface area contributed by atoms with Crippen molar-refractivity contribution in [1.82, 2.24) is 0 Å². The molecule has 4 fully saturated rings. The molecule has 0 aliphatic heterocycles. The molecule has 4 aliphatic carbocycles. The molecule has 3 heteroatoms. The van der Waals surface area contributed by atoms with E-state index in [1.54, 1.807) is 0 Å². The van der Waals surface area contributed by atoms with Gasteiger partial charge < -0.3 is 5.11 Å². The molecule has 0 bridgehead atoms. The number of hydrogen-bond donors (Lipinski definition) is 1. The third-order valence-corrected chi connectivity index (χ3v) is 10.2. The van der Waals surface area contributed by atoms with E-state index in [0.717, 1.165) is 42.4 Å². The summed E-state index contributed by atoms with van der Waals surface area (Å²) in [7, 11) is 0. The average Bonchev–Trinajstić information content (AvgIpc) is 2.95. The highest BCUT2D eigenvalue weighted by atomic mass is 32.2. The first-order valence-corrected chi connectivity index (χ1v) is 12.5. The summed E-state index contributed by atoms with van der Waals surface area (Å²) >= 11 is 1.85. The second-order valence-corrected chi connectivity index (χ2v) is 11.4. The lowest BCUT2D eigenvalue weighted by Gasteiger charge is -2.60. The van der Waals surface area contributed by atoms with Gasteiger partial charge >= 0.3 is 0 Å². The van der Waals surface area contributed by atoms with Crippen molar-refractivity contribution in [3.05, 3.63) is 11.0 Å². The lowest BCUT2D eigenvalue weighted by Crippen LogP contribution is -2.54. The first-order valence-electron chi connectivity index (χ1n) is 11.4. The van der Waals surface area contributed by atoms with Crippen LogP contribution < -0.4 is 0 Å². The van der Waals surface area contributed by atoms with Gasteiger partial charge in [0.15, 0.2) is 5.78 Å². The summed E-state index contributed by atoms with van der Waals surface area (Å²) in [6, 6.07) is 0. The van der Waals surface area contributed by atoms with Crippen LogP contribution in [0.1, 0.15) is 85.0 Å². The minimum absolute atomic E-state index is 0.0904. The Morgan fingerprint density at radius 2 is 1.89 bits per heavy atom. The molecule has 0 heterocycles. The molecule has 0 aromatic carbocycles. The zero-order valence-corrected chi connectivity index (χ0v) is 18.3. The van der Waals surface area contributed by atoms with Crippen LogP contribution in [0.4, 0.5) is 0 Å². The zero-order valence-electron chi connectivity index (χ0n) is 17.5. The number of Topliss-reactive ketones (excluding diaryl/α,β-unsaturated/α-hetero) is 1. The molecule has 7 atom stereocenters. The molecule has 0 spiro atoms. The summed E-state index contributed by atoms with van der Waals surface area (Å²) in [6.45, 7) is 7.10. The van der Waals surface area contributed by atoms with Gasteiger partial charge in [0.05, 0.1) is 6.10 Å². The molecule has 0 saturated heterocycles. The summed E-state index contributed by atoms with van der Waals surface area (Å²) < 4.78 is 0. The van der Waals surface area contributed by atoms with E-state index < -0.39 is 0 Å². The number of rotatable bonds is 4. The van der Waals surface area contributed by atoms with Gasteiger partial charge in [-0.1, -0.05) is 27.2 Å². The van der Waals surface area contributed by atoms with Gasteiger partial charge in [0, 0.05) is 12.0 Å². The molecule has 4 aliphatic rings. The molecule has 0 aromatic heterocycles. The number of unbranched alkanes of at least 4 members (excludes halogenated alkanes) is 1. The Hall–Kier alpha value is -0.280. The van der Waals surface area contributed by atoms with E-state index >= 15 is 0 Å². The molecule has 0 aromatic rings. The van der Waals surface area contributed by atoms with Gasteiger partial charge in [0.25, 0.3) is 0 Å². The number of ketones is 1. The maximum absolute atomic E-state index is 12.8.